The first-order valence-electron chi connectivity index (χ1n) is 17.8. The second-order valence-electron chi connectivity index (χ2n) is 16.0. The van der Waals surface area contributed by atoms with E-state index < -0.39 is 58.9 Å². The van der Waals surface area contributed by atoms with Gasteiger partial charge in [0.2, 0.25) is 5.88 Å². The third kappa shape index (κ3) is 11.7. The number of nitrogens with zero attached hydrogens (tertiary/aromatic N) is 2. The van der Waals surface area contributed by atoms with Crippen LogP contribution in [0.25, 0.3) is 22.0 Å². The molecule has 1 aliphatic heterocycles. The van der Waals surface area contributed by atoms with Gasteiger partial charge in [-0.2, -0.15) is 0 Å². The smallest absolute Gasteiger partial charge is 0.411 e. The second-order valence-corrected chi connectivity index (χ2v) is 16.0. The molecule has 0 radical (unpaired) electrons. The van der Waals surface area contributed by atoms with Gasteiger partial charge in [-0.15, -0.1) is 0 Å². The first kappa shape index (κ1) is 40.7. The van der Waals surface area contributed by atoms with Gasteiger partial charge in [-0.1, -0.05) is 51.1 Å². The summed E-state index contributed by atoms with van der Waals surface area (Å²) in [5.41, 5.74) is 0.137. The summed E-state index contributed by atoms with van der Waals surface area (Å²) in [5.74, 6) is -0.178. The molecule has 1 fully saturated rings. The van der Waals surface area contributed by atoms with Crippen LogP contribution in [0.5, 0.6) is 11.6 Å². The summed E-state index contributed by atoms with van der Waals surface area (Å²) in [4.78, 5) is 57.3. The van der Waals surface area contributed by atoms with Crippen LogP contribution in [0.15, 0.2) is 54.6 Å². The van der Waals surface area contributed by atoms with Crippen molar-refractivity contribution < 1.29 is 47.6 Å². The minimum absolute atomic E-state index is 0.0670. The molecule has 288 valence electrons. The molecule has 53 heavy (non-hydrogen) atoms. The van der Waals surface area contributed by atoms with Gasteiger partial charge >= 0.3 is 24.1 Å². The summed E-state index contributed by atoms with van der Waals surface area (Å²) in [6, 6.07) is 15.3. The standard InChI is InChI=1S/C40H53N3O10/c1-38(2,3)32(35(45)52-39(4,5)6)42-36(46)50-20-14-19-49-27-17-13-16-25(21-27)29-22-26-15-11-12-18-30(26)41-33(29)51-28-23-31(34(44)48-10)43(24-28)37(47)53-40(7,8)9/h11-13,15-18,21-22,28,31-32H,14,19-20,23-24H2,1-10H3,(H,42,46)/t28-,31+,32-/m1/s1. The van der Waals surface area contributed by atoms with Gasteiger partial charge in [0.15, 0.2) is 0 Å². The molecular formula is C40H53N3O10. The van der Waals surface area contributed by atoms with Gasteiger partial charge in [0.25, 0.3) is 0 Å². The summed E-state index contributed by atoms with van der Waals surface area (Å²) in [7, 11) is 1.28. The Morgan fingerprint density at radius 1 is 0.887 bits per heavy atom. The van der Waals surface area contributed by atoms with E-state index in [1.165, 1.54) is 12.0 Å². The molecular weight excluding hydrogens is 682 g/mol. The van der Waals surface area contributed by atoms with Crippen LogP contribution in [0.2, 0.25) is 0 Å². The fraction of sp³-hybridized carbons (Fsp3) is 0.525. The van der Waals surface area contributed by atoms with Gasteiger partial charge < -0.3 is 33.7 Å². The second kappa shape index (κ2) is 16.7. The van der Waals surface area contributed by atoms with E-state index in [-0.39, 0.29) is 26.2 Å². The van der Waals surface area contributed by atoms with Crippen LogP contribution in [-0.4, -0.2) is 90.3 Å². The van der Waals surface area contributed by atoms with Crippen molar-refractivity contribution in [3.05, 3.63) is 54.6 Å². The van der Waals surface area contributed by atoms with Gasteiger partial charge in [0.05, 0.1) is 32.4 Å². The van der Waals surface area contributed by atoms with Crippen molar-refractivity contribution in [3.63, 3.8) is 0 Å². The molecule has 0 unspecified atom stereocenters. The van der Waals surface area contributed by atoms with Crippen molar-refractivity contribution in [2.24, 2.45) is 5.41 Å². The van der Waals surface area contributed by atoms with Crippen LogP contribution < -0.4 is 14.8 Å². The molecule has 3 atom stereocenters. The highest BCUT2D eigenvalue weighted by molar-refractivity contribution is 5.87. The van der Waals surface area contributed by atoms with Crippen LogP contribution in [0.3, 0.4) is 0 Å². The quantitative estimate of drug-likeness (QED) is 0.122. The number of esters is 2. The fourth-order valence-electron chi connectivity index (χ4n) is 5.63. The minimum atomic E-state index is -0.890. The molecule has 2 amide bonds. The number of amides is 2. The number of likely N-dealkylation sites (tertiary alicyclic amines) is 1. The summed E-state index contributed by atoms with van der Waals surface area (Å²) in [6.45, 7) is 16.5. The first-order valence-corrected chi connectivity index (χ1v) is 17.8. The average Bonchev–Trinajstić information content (AvgIpc) is 3.48. The molecule has 3 aromatic rings. The predicted octanol–water partition coefficient (Wildman–Crippen LogP) is 7.08. The van der Waals surface area contributed by atoms with Crippen LogP contribution in [0, 0.1) is 5.41 Å². The van der Waals surface area contributed by atoms with Gasteiger partial charge in [0, 0.05) is 23.8 Å². The van der Waals surface area contributed by atoms with Crippen molar-refractivity contribution in [1.29, 1.82) is 0 Å². The highest BCUT2D eigenvalue weighted by atomic mass is 16.6. The average molecular weight is 736 g/mol. The zero-order valence-corrected chi connectivity index (χ0v) is 32.4. The number of methoxy groups -OCH3 is 1. The van der Waals surface area contributed by atoms with Gasteiger partial charge in [-0.25, -0.2) is 24.2 Å². The zero-order chi connectivity index (χ0) is 39.1. The molecule has 2 heterocycles. The highest BCUT2D eigenvalue weighted by Gasteiger charge is 2.44. The normalized spacial score (nSPS) is 16.8. The SMILES string of the molecule is COC(=O)[C@@H]1C[C@@H](Oc2nc3ccccc3cc2-c2cccc(OCCCOC(=O)N[C@H](C(=O)OC(C)(C)C)C(C)(C)C)c2)CN1C(=O)OC(C)(C)C. The Morgan fingerprint density at radius 2 is 1.58 bits per heavy atom. The Balaban J connectivity index is 1.44. The van der Waals surface area contributed by atoms with E-state index >= 15 is 0 Å². The lowest BCUT2D eigenvalue weighted by molar-refractivity contribution is -0.160. The molecule has 0 saturated carbocycles. The van der Waals surface area contributed by atoms with Crippen molar-refractivity contribution in [3.8, 4) is 22.8 Å². The third-order valence-corrected chi connectivity index (χ3v) is 8.04. The van der Waals surface area contributed by atoms with E-state index in [0.717, 1.165) is 10.9 Å². The number of carbonyl (C=O) groups excluding carboxylic acids is 4. The molecule has 0 bridgehead atoms. The number of aromatic nitrogens is 1. The number of benzene rings is 2. The van der Waals surface area contributed by atoms with Crippen LogP contribution >= 0.6 is 0 Å². The Kier molecular flexibility index (Phi) is 12.8. The van der Waals surface area contributed by atoms with Crippen molar-refractivity contribution >= 4 is 35.0 Å². The number of pyridine rings is 1. The molecule has 1 saturated heterocycles. The Hall–Kier alpha value is -5.07. The van der Waals surface area contributed by atoms with Gasteiger partial charge in [-0.3, -0.25) is 4.90 Å². The summed E-state index contributed by atoms with van der Waals surface area (Å²) < 4.78 is 33.9. The predicted molar refractivity (Wildman–Crippen MR) is 199 cm³/mol. The number of carbonyl (C=O) groups is 4. The largest absolute Gasteiger partial charge is 0.493 e. The number of ether oxygens (including phenoxy) is 6. The van der Waals surface area contributed by atoms with Crippen LogP contribution in [0.4, 0.5) is 9.59 Å². The maximum atomic E-state index is 13.1. The molecule has 0 spiro atoms. The lowest BCUT2D eigenvalue weighted by atomic mass is 9.86. The number of para-hydroxylation sites is 1. The van der Waals surface area contributed by atoms with Gasteiger partial charge in [-0.05, 0) is 76.8 Å². The maximum absolute atomic E-state index is 13.1. The number of nitrogens with one attached hydrogen (secondary N) is 1. The number of hydrogen-bond donors (Lipinski definition) is 1. The molecule has 13 nitrogen and oxygen atoms in total. The molecule has 4 rings (SSSR count). The van der Waals surface area contributed by atoms with E-state index in [1.807, 2.05) is 75.4 Å². The highest BCUT2D eigenvalue weighted by Crippen LogP contribution is 2.36. The van der Waals surface area contributed by atoms with E-state index in [4.69, 9.17) is 33.4 Å². The lowest BCUT2D eigenvalue weighted by Gasteiger charge is -2.32. The Morgan fingerprint density at radius 3 is 2.25 bits per heavy atom. The monoisotopic (exact) mass is 735 g/mol. The minimum Gasteiger partial charge on any atom is -0.493 e. The number of fused-ring (bicyclic) bond motifs is 1. The summed E-state index contributed by atoms with van der Waals surface area (Å²) in [5, 5.41) is 3.54. The van der Waals surface area contributed by atoms with Crippen LogP contribution in [0.1, 0.15) is 75.2 Å². The Labute approximate surface area is 311 Å². The topological polar surface area (TPSA) is 152 Å². The molecule has 1 aromatic heterocycles. The van der Waals surface area contributed by atoms with Crippen molar-refractivity contribution in [2.75, 3.05) is 26.9 Å². The van der Waals surface area contributed by atoms with E-state index in [2.05, 4.69) is 5.32 Å². The van der Waals surface area contributed by atoms with Crippen LogP contribution in [-0.2, 0) is 28.5 Å². The lowest BCUT2D eigenvalue weighted by Crippen LogP contribution is -2.51. The van der Waals surface area contributed by atoms with Crippen molar-refractivity contribution in [2.45, 2.75) is 105 Å². The summed E-state index contributed by atoms with van der Waals surface area (Å²) >= 11 is 0. The van der Waals surface area contributed by atoms with Gasteiger partial charge in [0.1, 0.15) is 35.1 Å². The fourth-order valence-corrected chi connectivity index (χ4v) is 5.63. The zero-order valence-electron chi connectivity index (χ0n) is 32.4. The number of alkyl carbamates (subject to hydrolysis) is 1. The van der Waals surface area contributed by atoms with E-state index in [0.29, 0.717) is 29.1 Å². The summed E-state index contributed by atoms with van der Waals surface area (Å²) in [6.07, 6.45) is -1.33. The molecule has 2 aromatic carbocycles. The number of hydrogen-bond acceptors (Lipinski definition) is 11. The van der Waals surface area contributed by atoms with E-state index in [1.54, 1.807) is 41.5 Å². The third-order valence-electron chi connectivity index (χ3n) is 8.04. The molecule has 1 aliphatic rings. The Bertz CT molecular complexity index is 1770. The molecule has 1 N–H and O–H groups in total. The first-order chi connectivity index (χ1) is 24.7. The molecule has 0 aliphatic carbocycles. The maximum Gasteiger partial charge on any atom is 0.411 e. The van der Waals surface area contributed by atoms with Crippen molar-refractivity contribution in [1.82, 2.24) is 15.2 Å². The van der Waals surface area contributed by atoms with E-state index in [9.17, 15) is 19.2 Å². The number of rotatable bonds is 11. The molecule has 13 heteroatoms.